The summed E-state index contributed by atoms with van der Waals surface area (Å²) < 4.78 is 40.2. The molecule has 0 spiro atoms. The summed E-state index contributed by atoms with van der Waals surface area (Å²) in [6, 6.07) is 13.7. The number of anilines is 1. The van der Waals surface area contributed by atoms with Gasteiger partial charge in [-0.05, 0) is 48.6 Å². The van der Waals surface area contributed by atoms with Crippen molar-refractivity contribution < 1.29 is 23.0 Å². The number of thiocarbonyl (C=S) groups is 1. The van der Waals surface area contributed by atoms with Crippen LogP contribution in [0.1, 0.15) is 0 Å². The predicted molar refractivity (Wildman–Crippen MR) is 98.3 cm³/mol. The Kier molecular flexibility index (Phi) is 5.72. The molecule has 0 aliphatic carbocycles. The standard InChI is InChI=1S/C18H18F2N2O3S/c1-22(10-14-11-23-15-4-2-3-5-16(15)24-14)18(26)21-12-6-8-13(9-7-12)25-17(19)20/h2-9,14,17H,10-11H2,1H3,(H,21,26). The molecule has 1 aliphatic heterocycles. The van der Waals surface area contributed by atoms with Crippen LogP contribution in [-0.2, 0) is 0 Å². The molecular formula is C18H18F2N2O3S. The fraction of sp³-hybridized carbons (Fsp3) is 0.278. The van der Waals surface area contributed by atoms with Gasteiger partial charge in [0.2, 0.25) is 0 Å². The second kappa shape index (κ2) is 8.18. The predicted octanol–water partition coefficient (Wildman–Crippen LogP) is 3.76. The van der Waals surface area contributed by atoms with Crippen LogP contribution in [0.3, 0.4) is 0 Å². The zero-order valence-electron chi connectivity index (χ0n) is 14.0. The molecule has 138 valence electrons. The summed E-state index contributed by atoms with van der Waals surface area (Å²) in [5.41, 5.74) is 0.676. The molecule has 2 aromatic rings. The average molecular weight is 380 g/mol. The van der Waals surface area contributed by atoms with Gasteiger partial charge in [0.15, 0.2) is 22.7 Å². The Morgan fingerprint density at radius 2 is 1.92 bits per heavy atom. The second-order valence-corrected chi connectivity index (χ2v) is 6.10. The third-order valence-corrected chi connectivity index (χ3v) is 4.14. The van der Waals surface area contributed by atoms with E-state index in [1.165, 1.54) is 12.1 Å². The number of hydrogen-bond acceptors (Lipinski definition) is 4. The smallest absolute Gasteiger partial charge is 0.387 e. The van der Waals surface area contributed by atoms with Crippen molar-refractivity contribution >= 4 is 23.0 Å². The summed E-state index contributed by atoms with van der Waals surface area (Å²) in [5.74, 6) is 1.54. The van der Waals surface area contributed by atoms with Crippen LogP contribution >= 0.6 is 12.2 Å². The molecule has 1 unspecified atom stereocenters. The first-order chi connectivity index (χ1) is 12.5. The van der Waals surface area contributed by atoms with E-state index in [9.17, 15) is 8.78 Å². The van der Waals surface area contributed by atoms with Crippen molar-refractivity contribution in [2.45, 2.75) is 12.7 Å². The Morgan fingerprint density at radius 3 is 2.62 bits per heavy atom. The molecule has 1 N–H and O–H groups in total. The van der Waals surface area contributed by atoms with Gasteiger partial charge in [-0.25, -0.2) is 0 Å². The van der Waals surface area contributed by atoms with Gasteiger partial charge in [-0.15, -0.1) is 0 Å². The highest BCUT2D eigenvalue weighted by molar-refractivity contribution is 7.80. The number of nitrogens with zero attached hydrogens (tertiary/aromatic N) is 1. The lowest BCUT2D eigenvalue weighted by Crippen LogP contribution is -2.43. The molecule has 0 fully saturated rings. The number of fused-ring (bicyclic) bond motifs is 1. The van der Waals surface area contributed by atoms with Gasteiger partial charge >= 0.3 is 6.61 Å². The Morgan fingerprint density at radius 1 is 1.23 bits per heavy atom. The van der Waals surface area contributed by atoms with E-state index in [-0.39, 0.29) is 11.9 Å². The molecule has 0 radical (unpaired) electrons. The summed E-state index contributed by atoms with van der Waals surface area (Å²) in [7, 11) is 1.84. The van der Waals surface area contributed by atoms with Crippen LogP contribution in [0.2, 0.25) is 0 Å². The van der Waals surface area contributed by atoms with Crippen LogP contribution in [0, 0.1) is 0 Å². The third kappa shape index (κ3) is 4.72. The summed E-state index contributed by atoms with van der Waals surface area (Å²) in [6.07, 6.45) is -0.156. The maximum Gasteiger partial charge on any atom is 0.387 e. The number of ether oxygens (including phenoxy) is 3. The highest BCUT2D eigenvalue weighted by atomic mass is 32.1. The van der Waals surface area contributed by atoms with Crippen LogP contribution in [0.25, 0.3) is 0 Å². The Labute approximate surface area is 155 Å². The van der Waals surface area contributed by atoms with Gasteiger partial charge in [0, 0.05) is 12.7 Å². The van der Waals surface area contributed by atoms with Crippen molar-refractivity contribution in [2.75, 3.05) is 25.5 Å². The van der Waals surface area contributed by atoms with E-state index in [0.717, 1.165) is 5.75 Å². The Balaban J connectivity index is 1.52. The van der Waals surface area contributed by atoms with E-state index < -0.39 is 6.61 Å². The fourth-order valence-corrected chi connectivity index (χ4v) is 2.67. The average Bonchev–Trinajstić information content (AvgIpc) is 2.62. The summed E-state index contributed by atoms with van der Waals surface area (Å²) in [6.45, 7) is -1.88. The molecule has 3 rings (SSSR count). The van der Waals surface area contributed by atoms with E-state index in [4.69, 9.17) is 21.7 Å². The number of nitrogens with one attached hydrogen (secondary N) is 1. The molecule has 0 aromatic heterocycles. The molecule has 1 atom stereocenters. The summed E-state index contributed by atoms with van der Waals surface area (Å²) in [5, 5.41) is 3.53. The molecule has 0 amide bonds. The molecular weight excluding hydrogens is 362 g/mol. The summed E-state index contributed by atoms with van der Waals surface area (Å²) in [4.78, 5) is 1.83. The molecule has 2 aromatic carbocycles. The van der Waals surface area contributed by atoms with Gasteiger partial charge < -0.3 is 24.4 Å². The first-order valence-corrected chi connectivity index (χ1v) is 8.37. The zero-order chi connectivity index (χ0) is 18.5. The van der Waals surface area contributed by atoms with Gasteiger partial charge in [0.1, 0.15) is 12.4 Å². The quantitative estimate of drug-likeness (QED) is 0.797. The van der Waals surface area contributed by atoms with Crippen molar-refractivity contribution in [1.29, 1.82) is 0 Å². The Bertz CT molecular complexity index is 758. The van der Waals surface area contributed by atoms with Gasteiger partial charge in [-0.3, -0.25) is 0 Å². The number of alkyl halides is 2. The minimum absolute atomic E-state index is 0.0937. The number of hydrogen-bond donors (Lipinski definition) is 1. The number of likely N-dealkylation sites (N-methyl/N-ethyl adjacent to an activating group) is 1. The minimum Gasteiger partial charge on any atom is -0.486 e. The van der Waals surface area contributed by atoms with Crippen LogP contribution in [0.4, 0.5) is 14.5 Å². The zero-order valence-corrected chi connectivity index (χ0v) is 14.8. The molecule has 8 heteroatoms. The van der Waals surface area contributed by atoms with Crippen LogP contribution in [0.5, 0.6) is 17.2 Å². The Hall–Kier alpha value is -2.61. The van der Waals surface area contributed by atoms with Crippen molar-refractivity contribution in [3.63, 3.8) is 0 Å². The topological polar surface area (TPSA) is 43.0 Å². The van der Waals surface area contributed by atoms with Gasteiger partial charge in [0.25, 0.3) is 0 Å². The SMILES string of the molecule is CN(CC1COc2ccccc2O1)C(=S)Nc1ccc(OC(F)F)cc1. The fourth-order valence-electron chi connectivity index (χ4n) is 2.48. The van der Waals surface area contributed by atoms with Gasteiger partial charge in [-0.1, -0.05) is 12.1 Å². The van der Waals surface area contributed by atoms with E-state index in [2.05, 4.69) is 10.1 Å². The molecule has 0 bridgehead atoms. The van der Waals surface area contributed by atoms with Crippen LogP contribution in [0.15, 0.2) is 48.5 Å². The molecule has 5 nitrogen and oxygen atoms in total. The molecule has 26 heavy (non-hydrogen) atoms. The molecule has 0 saturated carbocycles. The molecule has 1 aliphatic rings. The lowest BCUT2D eigenvalue weighted by molar-refractivity contribution is -0.0498. The van der Waals surface area contributed by atoms with E-state index >= 15 is 0 Å². The van der Waals surface area contributed by atoms with Gasteiger partial charge in [0.05, 0.1) is 6.54 Å². The van der Waals surface area contributed by atoms with Crippen molar-refractivity contribution in [2.24, 2.45) is 0 Å². The van der Waals surface area contributed by atoms with E-state index in [0.29, 0.717) is 29.7 Å². The highest BCUT2D eigenvalue weighted by Crippen LogP contribution is 2.31. The number of rotatable bonds is 5. The van der Waals surface area contributed by atoms with Gasteiger partial charge in [-0.2, -0.15) is 8.78 Å². The lowest BCUT2D eigenvalue weighted by atomic mass is 10.2. The molecule has 0 saturated heterocycles. The number of para-hydroxylation sites is 2. The largest absolute Gasteiger partial charge is 0.486 e. The van der Waals surface area contributed by atoms with Crippen molar-refractivity contribution in [3.8, 4) is 17.2 Å². The first-order valence-electron chi connectivity index (χ1n) is 7.97. The van der Waals surface area contributed by atoms with Crippen molar-refractivity contribution in [3.05, 3.63) is 48.5 Å². The monoisotopic (exact) mass is 380 g/mol. The van der Waals surface area contributed by atoms with Crippen LogP contribution < -0.4 is 19.5 Å². The maximum absolute atomic E-state index is 12.2. The number of benzene rings is 2. The third-order valence-electron chi connectivity index (χ3n) is 3.72. The maximum atomic E-state index is 12.2. The highest BCUT2D eigenvalue weighted by Gasteiger charge is 2.22. The normalized spacial score (nSPS) is 15.5. The van der Waals surface area contributed by atoms with E-state index in [1.54, 1.807) is 12.1 Å². The second-order valence-electron chi connectivity index (χ2n) is 5.71. The van der Waals surface area contributed by atoms with E-state index in [1.807, 2.05) is 36.2 Å². The summed E-state index contributed by atoms with van der Waals surface area (Å²) >= 11 is 5.38. The first kappa shape index (κ1) is 18.2. The molecule has 1 heterocycles. The van der Waals surface area contributed by atoms with Crippen molar-refractivity contribution in [1.82, 2.24) is 4.90 Å². The lowest BCUT2D eigenvalue weighted by Gasteiger charge is -2.30. The van der Waals surface area contributed by atoms with Crippen LogP contribution in [-0.4, -0.2) is 42.9 Å². The minimum atomic E-state index is -2.84. The number of halogens is 2.